The van der Waals surface area contributed by atoms with Crippen molar-refractivity contribution in [3.63, 3.8) is 0 Å². The minimum Gasteiger partial charge on any atom is -0.550 e. The number of rotatable bonds is 11. The Hall–Kier alpha value is -3.34. The Kier molecular flexibility index (Phi) is 10.8. The summed E-state index contributed by atoms with van der Waals surface area (Å²) in [5.41, 5.74) is 3.63. The molecule has 10 heteroatoms. The Morgan fingerprint density at radius 2 is 1.64 bits per heavy atom. The van der Waals surface area contributed by atoms with E-state index >= 15 is 0 Å². The average molecular weight is 611 g/mol. The first-order valence-corrected chi connectivity index (χ1v) is 14.3. The van der Waals surface area contributed by atoms with Crippen molar-refractivity contribution in [2.45, 2.75) is 64.3 Å². The monoisotopic (exact) mass is 610 g/mol. The van der Waals surface area contributed by atoms with Crippen molar-refractivity contribution in [1.29, 1.82) is 0 Å². The molecule has 2 atom stereocenters. The molecule has 2 aromatic heterocycles. The maximum atomic E-state index is 14.4. The molecule has 0 amide bonds. The van der Waals surface area contributed by atoms with Gasteiger partial charge < -0.3 is 29.2 Å². The van der Waals surface area contributed by atoms with Crippen molar-refractivity contribution in [3.8, 4) is 11.1 Å². The van der Waals surface area contributed by atoms with Crippen molar-refractivity contribution in [3.05, 3.63) is 106 Å². The molecule has 0 aliphatic rings. The first-order chi connectivity index (χ1) is 20.5. The summed E-state index contributed by atoms with van der Waals surface area (Å²) in [5.74, 6) is -2.21. The largest absolute Gasteiger partial charge is 1.00 e. The molecule has 3 aromatic carbocycles. The van der Waals surface area contributed by atoms with Gasteiger partial charge in [0.15, 0.2) is 0 Å². The molecule has 0 saturated carbocycles. The van der Waals surface area contributed by atoms with Gasteiger partial charge in [-0.1, -0.05) is 42.5 Å². The third kappa shape index (κ3) is 6.98. The summed E-state index contributed by atoms with van der Waals surface area (Å²) in [6.45, 7) is 4.04. The molecular weight excluding hydrogens is 577 g/mol. The molecule has 44 heavy (non-hydrogen) atoms. The topological polar surface area (TPSA) is 108 Å². The van der Waals surface area contributed by atoms with Gasteiger partial charge in [-0.05, 0) is 74.6 Å². The normalized spacial score (nSPS) is 12.9. The van der Waals surface area contributed by atoms with Crippen molar-refractivity contribution in [1.82, 2.24) is 9.13 Å². The van der Waals surface area contributed by atoms with Crippen LogP contribution < -0.4 is 40.2 Å². The molecular formula is C34H33F2N2NaO5. The van der Waals surface area contributed by atoms with Gasteiger partial charge in [0.05, 0.1) is 24.3 Å². The molecule has 7 nitrogen and oxygen atoms in total. The molecule has 0 fully saturated rings. The number of carbonyl (C=O) groups excluding carboxylic acids is 1. The van der Waals surface area contributed by atoms with Gasteiger partial charge in [0.2, 0.25) is 0 Å². The van der Waals surface area contributed by atoms with Gasteiger partial charge in [-0.3, -0.25) is 4.79 Å². The Bertz CT molecular complexity index is 1850. The first-order valence-electron chi connectivity index (χ1n) is 14.3. The maximum Gasteiger partial charge on any atom is 1.00 e. The fourth-order valence-corrected chi connectivity index (χ4v) is 6.00. The minimum atomic E-state index is -1.40. The van der Waals surface area contributed by atoms with Crippen LogP contribution >= 0.6 is 0 Å². The van der Waals surface area contributed by atoms with Crippen LogP contribution in [0.5, 0.6) is 0 Å². The van der Waals surface area contributed by atoms with Crippen molar-refractivity contribution in [2.24, 2.45) is 0 Å². The maximum absolute atomic E-state index is 14.4. The minimum absolute atomic E-state index is 0. The number of pyridine rings is 1. The van der Waals surface area contributed by atoms with Gasteiger partial charge in [0.1, 0.15) is 17.2 Å². The molecule has 5 aromatic rings. The Morgan fingerprint density at radius 1 is 0.932 bits per heavy atom. The number of benzene rings is 3. The van der Waals surface area contributed by atoms with Gasteiger partial charge in [0, 0.05) is 40.5 Å². The van der Waals surface area contributed by atoms with Crippen LogP contribution in [0.4, 0.5) is 8.78 Å². The van der Waals surface area contributed by atoms with Crippen molar-refractivity contribution in [2.75, 3.05) is 0 Å². The third-order valence-corrected chi connectivity index (χ3v) is 7.76. The number of aliphatic hydroxyl groups is 2. The summed E-state index contributed by atoms with van der Waals surface area (Å²) in [6, 6.07) is 19.4. The van der Waals surface area contributed by atoms with Gasteiger partial charge in [-0.15, -0.1) is 0 Å². The van der Waals surface area contributed by atoms with Crippen LogP contribution in [0, 0.1) is 11.6 Å². The molecule has 0 saturated heterocycles. The zero-order valence-electron chi connectivity index (χ0n) is 25.0. The number of fused-ring (bicyclic) bond motifs is 3. The zero-order valence-corrected chi connectivity index (χ0v) is 27.0. The number of carboxylic acid groups (broad SMARTS) is 1. The fourth-order valence-electron chi connectivity index (χ4n) is 6.00. The van der Waals surface area contributed by atoms with Crippen LogP contribution in [0.1, 0.15) is 50.4 Å². The molecule has 0 radical (unpaired) electrons. The van der Waals surface area contributed by atoms with Gasteiger partial charge >= 0.3 is 29.6 Å². The Labute approximate surface area is 275 Å². The summed E-state index contributed by atoms with van der Waals surface area (Å²) in [5, 5.41) is 33.1. The predicted octanol–water partition coefficient (Wildman–Crippen LogP) is 1.72. The van der Waals surface area contributed by atoms with E-state index in [1.807, 2.05) is 42.7 Å². The number of hydrogen-bond acceptors (Lipinski definition) is 5. The number of carboxylic acids is 1. The molecule has 2 heterocycles. The number of halogens is 2. The van der Waals surface area contributed by atoms with Gasteiger partial charge in [0.25, 0.3) is 5.56 Å². The summed E-state index contributed by atoms with van der Waals surface area (Å²) >= 11 is 0. The van der Waals surface area contributed by atoms with E-state index in [-0.39, 0.29) is 67.0 Å². The number of aromatic nitrogens is 2. The predicted molar refractivity (Wildman–Crippen MR) is 160 cm³/mol. The van der Waals surface area contributed by atoms with E-state index in [2.05, 4.69) is 0 Å². The van der Waals surface area contributed by atoms with E-state index in [9.17, 15) is 33.7 Å². The number of para-hydroxylation sites is 1. The van der Waals surface area contributed by atoms with Crippen LogP contribution in [0.3, 0.4) is 0 Å². The summed E-state index contributed by atoms with van der Waals surface area (Å²) in [6.07, 6.45) is -2.54. The van der Waals surface area contributed by atoms with Crippen molar-refractivity contribution < 1.29 is 58.5 Å². The molecule has 0 aliphatic carbocycles. The molecule has 0 spiro atoms. The van der Waals surface area contributed by atoms with Crippen LogP contribution in [0.25, 0.3) is 32.9 Å². The standard InChI is InChI=1S/C34H34F2N2O5.Na/c1-20(2)38-29(15-14-25(39)17-26(40)18-30(41)42)31(22-10-12-23(35)13-11-22)32-27-8-3-4-9-28(27)37(34(43)33(32)38)19-21-6-5-7-24(36)16-21;/h3-13,16,20,25-26,39-40H,14-15,17-19H2,1-2H3,(H,41,42);/q;+1/p-1/t25-,26-;/m1./s1. The van der Waals surface area contributed by atoms with Crippen LogP contribution in [0.2, 0.25) is 0 Å². The summed E-state index contributed by atoms with van der Waals surface area (Å²) in [4.78, 5) is 25.3. The Balaban J connectivity index is 0.00000442. The van der Waals surface area contributed by atoms with Crippen LogP contribution in [0.15, 0.2) is 77.6 Å². The average Bonchev–Trinajstić information content (AvgIpc) is 3.30. The number of aliphatic carboxylic acids is 1. The van der Waals surface area contributed by atoms with E-state index < -0.39 is 36.2 Å². The Morgan fingerprint density at radius 3 is 2.30 bits per heavy atom. The SMILES string of the molecule is CC(C)n1c(CC[C@@H](O)C[C@@H](O)CC(=O)[O-])c(-c2ccc(F)cc2)c2c3ccccc3n(Cc3cccc(F)c3)c(=O)c21.[Na+]. The smallest absolute Gasteiger partial charge is 0.550 e. The molecule has 0 aliphatic heterocycles. The summed E-state index contributed by atoms with van der Waals surface area (Å²) in [7, 11) is 0. The van der Waals surface area contributed by atoms with Gasteiger partial charge in [-0.2, -0.15) is 0 Å². The zero-order chi connectivity index (χ0) is 30.8. The molecule has 0 unspecified atom stereocenters. The van der Waals surface area contributed by atoms with E-state index in [1.165, 1.54) is 24.3 Å². The second-order valence-corrected chi connectivity index (χ2v) is 11.2. The van der Waals surface area contributed by atoms with Crippen molar-refractivity contribution >= 4 is 27.8 Å². The molecule has 2 N–H and O–H groups in total. The third-order valence-electron chi connectivity index (χ3n) is 7.76. The number of nitrogens with zero attached hydrogens (tertiary/aromatic N) is 2. The second kappa shape index (κ2) is 14.2. The van der Waals surface area contributed by atoms with Gasteiger partial charge in [-0.25, -0.2) is 8.78 Å². The molecule has 224 valence electrons. The van der Waals surface area contributed by atoms with E-state index in [4.69, 9.17) is 0 Å². The number of carbonyl (C=O) groups is 1. The fraction of sp³-hybridized carbons (Fsp3) is 0.294. The van der Waals surface area contributed by atoms with Crippen LogP contribution in [-0.4, -0.2) is 37.5 Å². The number of aliphatic hydroxyl groups excluding tert-OH is 2. The first kappa shape index (κ1) is 33.6. The van der Waals surface area contributed by atoms with Crippen LogP contribution in [-0.2, 0) is 17.8 Å². The summed E-state index contributed by atoms with van der Waals surface area (Å²) < 4.78 is 31.7. The van der Waals surface area contributed by atoms with E-state index in [0.29, 0.717) is 27.5 Å². The molecule has 5 rings (SSSR count). The van der Waals surface area contributed by atoms with E-state index in [1.54, 1.807) is 28.8 Å². The molecule has 0 bridgehead atoms. The number of hydrogen-bond donors (Lipinski definition) is 2. The van der Waals surface area contributed by atoms with E-state index in [0.717, 1.165) is 16.6 Å². The second-order valence-electron chi connectivity index (χ2n) is 11.2. The quantitative estimate of drug-likeness (QED) is 0.222.